The Bertz CT molecular complexity index is 605. The molecule has 1 aliphatic heterocycles. The summed E-state index contributed by atoms with van der Waals surface area (Å²) in [6.45, 7) is 3.45. The van der Waals surface area contributed by atoms with Gasteiger partial charge in [0.05, 0.1) is 10.6 Å². The number of hydrogen-bond donors (Lipinski definition) is 2. The SMILES string of the molecule is C=CCc1cccc2c1OC/C(=C(/C(=O)O)[N+](=O)[O-])N2. The monoisotopic (exact) mass is 276 g/mol. The standard InChI is InChI=1S/C13H12N2O5/c1-2-4-8-5-3-6-9-12(8)20-7-10(14-9)11(13(16)17)15(18)19/h2-3,5-6,14H,1,4,7H2,(H,16,17)/b11-10+. The van der Waals surface area contributed by atoms with Gasteiger partial charge in [-0.15, -0.1) is 6.58 Å². The molecule has 1 heterocycles. The zero-order valence-corrected chi connectivity index (χ0v) is 10.5. The highest BCUT2D eigenvalue weighted by Crippen LogP contribution is 2.34. The molecule has 0 fully saturated rings. The molecule has 1 aromatic rings. The number of nitrogens with one attached hydrogen (secondary N) is 1. The maximum Gasteiger partial charge on any atom is 0.409 e. The van der Waals surface area contributed by atoms with Gasteiger partial charge in [0.15, 0.2) is 0 Å². The van der Waals surface area contributed by atoms with Crippen molar-refractivity contribution in [2.45, 2.75) is 6.42 Å². The van der Waals surface area contributed by atoms with Gasteiger partial charge in [0, 0.05) is 5.56 Å². The van der Waals surface area contributed by atoms with Crippen LogP contribution in [0.25, 0.3) is 0 Å². The number of nitrogens with zero attached hydrogens (tertiary/aromatic N) is 1. The Morgan fingerprint density at radius 2 is 2.35 bits per heavy atom. The van der Waals surface area contributed by atoms with Crippen molar-refractivity contribution in [3.05, 3.63) is 57.9 Å². The van der Waals surface area contributed by atoms with E-state index in [0.717, 1.165) is 5.56 Å². The van der Waals surface area contributed by atoms with Crippen LogP contribution in [0.5, 0.6) is 5.75 Å². The first-order valence-electron chi connectivity index (χ1n) is 5.78. The average molecular weight is 276 g/mol. The molecule has 2 N–H and O–H groups in total. The summed E-state index contributed by atoms with van der Waals surface area (Å²) in [5, 5.41) is 22.4. The van der Waals surface area contributed by atoms with Crippen LogP contribution in [0.1, 0.15) is 5.56 Å². The first-order valence-corrected chi connectivity index (χ1v) is 5.78. The van der Waals surface area contributed by atoms with Crippen molar-refractivity contribution < 1.29 is 19.6 Å². The lowest BCUT2D eigenvalue weighted by Crippen LogP contribution is -2.25. The molecule has 20 heavy (non-hydrogen) atoms. The Hall–Kier alpha value is -2.83. The van der Waals surface area contributed by atoms with Crippen LogP contribution in [0.2, 0.25) is 0 Å². The lowest BCUT2D eigenvalue weighted by atomic mass is 10.1. The number of carboxylic acids is 1. The van der Waals surface area contributed by atoms with E-state index in [0.29, 0.717) is 17.9 Å². The summed E-state index contributed by atoms with van der Waals surface area (Å²) in [5.41, 5.74) is 0.392. The highest BCUT2D eigenvalue weighted by Gasteiger charge is 2.30. The summed E-state index contributed by atoms with van der Waals surface area (Å²) in [7, 11) is 0. The predicted octanol–water partition coefficient (Wildman–Crippen LogP) is 1.79. The summed E-state index contributed by atoms with van der Waals surface area (Å²) in [6, 6.07) is 5.27. The van der Waals surface area contributed by atoms with Crippen LogP contribution in [0.4, 0.5) is 5.69 Å². The number of benzene rings is 1. The van der Waals surface area contributed by atoms with E-state index in [2.05, 4.69) is 11.9 Å². The Balaban J connectivity index is 2.43. The van der Waals surface area contributed by atoms with E-state index >= 15 is 0 Å². The van der Waals surface area contributed by atoms with Gasteiger partial charge < -0.3 is 15.2 Å². The Morgan fingerprint density at radius 1 is 1.60 bits per heavy atom. The minimum atomic E-state index is -1.60. The summed E-state index contributed by atoms with van der Waals surface area (Å²) < 4.78 is 5.47. The number of fused-ring (bicyclic) bond motifs is 1. The number of anilines is 1. The van der Waals surface area contributed by atoms with Crippen molar-refractivity contribution in [1.82, 2.24) is 0 Å². The number of para-hydroxylation sites is 1. The average Bonchev–Trinajstić information content (AvgIpc) is 2.38. The molecule has 0 bridgehead atoms. The lowest BCUT2D eigenvalue weighted by Gasteiger charge is -2.23. The van der Waals surface area contributed by atoms with Gasteiger partial charge in [-0.25, -0.2) is 4.79 Å². The molecule has 0 saturated heterocycles. The molecular weight excluding hydrogens is 264 g/mol. The molecule has 1 aliphatic rings. The highest BCUT2D eigenvalue weighted by atomic mass is 16.6. The molecule has 0 aromatic heterocycles. The molecule has 0 amide bonds. The van der Waals surface area contributed by atoms with Crippen molar-refractivity contribution in [3.8, 4) is 5.75 Å². The molecule has 7 nitrogen and oxygen atoms in total. The van der Waals surface area contributed by atoms with Crippen molar-refractivity contribution in [1.29, 1.82) is 0 Å². The smallest absolute Gasteiger partial charge is 0.409 e. The van der Waals surface area contributed by atoms with Crippen LogP contribution in [0.15, 0.2) is 42.2 Å². The summed E-state index contributed by atoms with van der Waals surface area (Å²) in [6.07, 6.45) is 2.30. The highest BCUT2D eigenvalue weighted by molar-refractivity contribution is 5.86. The van der Waals surface area contributed by atoms with E-state index in [1.807, 2.05) is 6.07 Å². The fraction of sp³-hybridized carbons (Fsp3) is 0.154. The fourth-order valence-electron chi connectivity index (χ4n) is 1.96. The van der Waals surface area contributed by atoms with Gasteiger partial charge in [0.2, 0.25) is 0 Å². The molecule has 0 radical (unpaired) electrons. The van der Waals surface area contributed by atoms with E-state index in [9.17, 15) is 14.9 Å². The molecule has 2 rings (SSSR count). The van der Waals surface area contributed by atoms with E-state index < -0.39 is 16.6 Å². The van der Waals surface area contributed by atoms with Crippen LogP contribution >= 0.6 is 0 Å². The Kier molecular flexibility index (Phi) is 3.69. The van der Waals surface area contributed by atoms with E-state index in [-0.39, 0.29) is 12.3 Å². The quantitative estimate of drug-likeness (QED) is 0.376. The molecule has 7 heteroatoms. The third kappa shape index (κ3) is 2.46. The molecule has 0 saturated carbocycles. The van der Waals surface area contributed by atoms with Crippen LogP contribution < -0.4 is 10.1 Å². The third-order valence-corrected chi connectivity index (χ3v) is 2.78. The minimum Gasteiger partial charge on any atom is -0.485 e. The van der Waals surface area contributed by atoms with Gasteiger partial charge in [-0.1, -0.05) is 18.2 Å². The van der Waals surface area contributed by atoms with E-state index in [1.54, 1.807) is 18.2 Å². The van der Waals surface area contributed by atoms with Crippen molar-refractivity contribution >= 4 is 11.7 Å². The predicted molar refractivity (Wildman–Crippen MR) is 71.1 cm³/mol. The second-order valence-corrected chi connectivity index (χ2v) is 4.09. The molecule has 0 spiro atoms. The second kappa shape index (κ2) is 5.43. The zero-order chi connectivity index (χ0) is 14.7. The summed E-state index contributed by atoms with van der Waals surface area (Å²) in [4.78, 5) is 20.8. The first kappa shape index (κ1) is 13.6. The topological polar surface area (TPSA) is 102 Å². The number of allylic oxidation sites excluding steroid dienone is 1. The normalized spacial score (nSPS) is 15.4. The first-order chi connectivity index (χ1) is 9.54. The van der Waals surface area contributed by atoms with Crippen LogP contribution in [0, 0.1) is 10.1 Å². The molecule has 104 valence electrons. The lowest BCUT2D eigenvalue weighted by molar-refractivity contribution is -0.422. The number of carbonyl (C=O) groups is 1. The van der Waals surface area contributed by atoms with Gasteiger partial charge in [0.25, 0.3) is 0 Å². The van der Waals surface area contributed by atoms with Gasteiger partial charge >= 0.3 is 11.7 Å². The number of aliphatic carboxylic acids is 1. The molecule has 0 atom stereocenters. The van der Waals surface area contributed by atoms with Crippen LogP contribution in [-0.2, 0) is 11.2 Å². The number of rotatable bonds is 4. The Morgan fingerprint density at radius 3 is 2.95 bits per heavy atom. The van der Waals surface area contributed by atoms with Crippen LogP contribution in [-0.4, -0.2) is 22.6 Å². The number of nitro groups is 1. The number of carboxylic acid groups (broad SMARTS) is 1. The van der Waals surface area contributed by atoms with Gasteiger partial charge in [0.1, 0.15) is 18.1 Å². The summed E-state index contributed by atoms with van der Waals surface area (Å²) >= 11 is 0. The molecule has 1 aromatic carbocycles. The van der Waals surface area contributed by atoms with Gasteiger partial charge in [-0.2, -0.15) is 0 Å². The molecule has 0 aliphatic carbocycles. The maximum atomic E-state index is 10.9. The fourth-order valence-corrected chi connectivity index (χ4v) is 1.96. The second-order valence-electron chi connectivity index (χ2n) is 4.09. The van der Waals surface area contributed by atoms with Crippen molar-refractivity contribution in [3.63, 3.8) is 0 Å². The van der Waals surface area contributed by atoms with E-state index in [4.69, 9.17) is 9.84 Å². The number of ether oxygens (including phenoxy) is 1. The van der Waals surface area contributed by atoms with Crippen molar-refractivity contribution in [2.75, 3.05) is 11.9 Å². The largest absolute Gasteiger partial charge is 0.485 e. The van der Waals surface area contributed by atoms with Gasteiger partial charge in [-0.3, -0.25) is 10.1 Å². The van der Waals surface area contributed by atoms with E-state index in [1.165, 1.54) is 0 Å². The minimum absolute atomic E-state index is 0.0780. The van der Waals surface area contributed by atoms with Gasteiger partial charge in [-0.05, 0) is 12.5 Å². The summed E-state index contributed by atoms with van der Waals surface area (Å²) in [5.74, 6) is -1.05. The molecular formula is C13H12N2O5. The Labute approximate surface area is 114 Å². The third-order valence-electron chi connectivity index (χ3n) is 2.78. The maximum absolute atomic E-state index is 10.9. The van der Waals surface area contributed by atoms with Crippen LogP contribution in [0.3, 0.4) is 0 Å². The molecule has 0 unspecified atom stereocenters. The number of hydrogen-bond acceptors (Lipinski definition) is 5. The zero-order valence-electron chi connectivity index (χ0n) is 10.5. The van der Waals surface area contributed by atoms with Crippen molar-refractivity contribution in [2.24, 2.45) is 0 Å².